The molecule has 1 aliphatic heterocycles. The predicted octanol–water partition coefficient (Wildman–Crippen LogP) is 2.89. The van der Waals surface area contributed by atoms with Crippen LogP contribution in [0.15, 0.2) is 24.3 Å². The topological polar surface area (TPSA) is 35.5 Å². The van der Waals surface area contributed by atoms with E-state index < -0.39 is 6.16 Å². The van der Waals surface area contributed by atoms with Crippen molar-refractivity contribution >= 4 is 6.16 Å². The van der Waals surface area contributed by atoms with Crippen molar-refractivity contribution in [3.05, 3.63) is 35.4 Å². The summed E-state index contributed by atoms with van der Waals surface area (Å²) in [5, 5.41) is 0. The van der Waals surface area contributed by atoms with Gasteiger partial charge < -0.3 is 9.47 Å². The summed E-state index contributed by atoms with van der Waals surface area (Å²) in [4.78, 5) is 10.7. The summed E-state index contributed by atoms with van der Waals surface area (Å²) in [5.41, 5.74) is 2.52. The van der Waals surface area contributed by atoms with Crippen LogP contribution in [0.2, 0.25) is 0 Å². The molecule has 1 aromatic rings. The van der Waals surface area contributed by atoms with Crippen molar-refractivity contribution in [1.82, 2.24) is 0 Å². The number of hydrogen-bond donors (Lipinski definition) is 0. The van der Waals surface area contributed by atoms with Crippen molar-refractivity contribution in [2.24, 2.45) is 0 Å². The smallest absolute Gasteiger partial charge is 0.434 e. The molecular weight excluding hydrogens is 204 g/mol. The van der Waals surface area contributed by atoms with Crippen LogP contribution in [0.3, 0.4) is 0 Å². The Labute approximate surface area is 95.4 Å². The maximum Gasteiger partial charge on any atom is 0.508 e. The van der Waals surface area contributed by atoms with E-state index in [0.29, 0.717) is 13.2 Å². The van der Waals surface area contributed by atoms with E-state index in [1.165, 1.54) is 11.1 Å². The van der Waals surface area contributed by atoms with Crippen molar-refractivity contribution in [1.29, 1.82) is 0 Å². The molecule has 0 N–H and O–H groups in total. The summed E-state index contributed by atoms with van der Waals surface area (Å²) in [6, 6.07) is 8.46. The highest BCUT2D eigenvalue weighted by atomic mass is 16.7. The lowest BCUT2D eigenvalue weighted by atomic mass is 9.98. The Morgan fingerprint density at radius 3 is 2.38 bits per heavy atom. The number of aryl methyl sites for hydroxylation is 1. The van der Waals surface area contributed by atoms with E-state index in [1.54, 1.807) is 0 Å². The van der Waals surface area contributed by atoms with Gasteiger partial charge in [-0.25, -0.2) is 4.79 Å². The molecule has 16 heavy (non-hydrogen) atoms. The first-order valence-electron chi connectivity index (χ1n) is 5.68. The van der Waals surface area contributed by atoms with E-state index in [9.17, 15) is 4.79 Å². The average Bonchev–Trinajstić information content (AvgIpc) is 2.32. The second kappa shape index (κ2) is 5.01. The first kappa shape index (κ1) is 11.0. The molecule has 0 unspecified atom stereocenters. The average molecular weight is 220 g/mol. The molecule has 3 nitrogen and oxygen atoms in total. The second-order valence-electron chi connectivity index (χ2n) is 4.06. The molecule has 0 spiro atoms. The van der Waals surface area contributed by atoms with Crippen molar-refractivity contribution in [3.63, 3.8) is 0 Å². The number of cyclic esters (lactones) is 2. The molecule has 1 aliphatic rings. The Bertz CT molecular complexity index is 346. The summed E-state index contributed by atoms with van der Waals surface area (Å²) in [7, 11) is 0. The maximum absolute atomic E-state index is 10.7. The second-order valence-corrected chi connectivity index (χ2v) is 4.06. The Morgan fingerprint density at radius 1 is 1.19 bits per heavy atom. The van der Waals surface area contributed by atoms with E-state index in [4.69, 9.17) is 9.47 Å². The number of benzene rings is 1. The number of carbonyl (C=O) groups is 1. The Morgan fingerprint density at radius 2 is 1.81 bits per heavy atom. The first-order valence-corrected chi connectivity index (χ1v) is 5.68. The molecule has 0 saturated carbocycles. The van der Waals surface area contributed by atoms with Crippen LogP contribution in [-0.4, -0.2) is 19.4 Å². The van der Waals surface area contributed by atoms with E-state index in [2.05, 4.69) is 31.2 Å². The molecule has 0 aliphatic carbocycles. The summed E-state index contributed by atoms with van der Waals surface area (Å²) >= 11 is 0. The molecule has 1 saturated heterocycles. The van der Waals surface area contributed by atoms with E-state index in [1.807, 2.05) is 0 Å². The third kappa shape index (κ3) is 2.54. The van der Waals surface area contributed by atoms with Gasteiger partial charge in [0.05, 0.1) is 5.92 Å². The van der Waals surface area contributed by atoms with E-state index >= 15 is 0 Å². The van der Waals surface area contributed by atoms with Crippen LogP contribution in [0.1, 0.15) is 30.4 Å². The van der Waals surface area contributed by atoms with Gasteiger partial charge >= 0.3 is 6.16 Å². The van der Waals surface area contributed by atoms with Crippen LogP contribution < -0.4 is 0 Å². The monoisotopic (exact) mass is 220 g/mol. The zero-order chi connectivity index (χ0) is 11.4. The third-order valence-corrected chi connectivity index (χ3v) is 2.79. The van der Waals surface area contributed by atoms with Gasteiger partial charge in [-0.3, -0.25) is 0 Å². The van der Waals surface area contributed by atoms with Gasteiger partial charge in [0.1, 0.15) is 13.2 Å². The largest absolute Gasteiger partial charge is 0.508 e. The number of hydrogen-bond acceptors (Lipinski definition) is 3. The normalized spacial score (nSPS) is 16.7. The highest BCUT2D eigenvalue weighted by Gasteiger charge is 2.22. The van der Waals surface area contributed by atoms with Gasteiger partial charge in [-0.1, -0.05) is 37.6 Å². The lowest BCUT2D eigenvalue weighted by Crippen LogP contribution is -2.25. The lowest BCUT2D eigenvalue weighted by molar-refractivity contribution is 0.00722. The van der Waals surface area contributed by atoms with E-state index in [0.717, 1.165) is 12.8 Å². The molecule has 86 valence electrons. The number of rotatable bonds is 3. The molecule has 0 aromatic heterocycles. The SMILES string of the molecule is CCCc1ccc(C2COC(=O)OC2)cc1. The fraction of sp³-hybridized carbons (Fsp3) is 0.462. The van der Waals surface area contributed by atoms with Crippen molar-refractivity contribution in [2.75, 3.05) is 13.2 Å². The summed E-state index contributed by atoms with van der Waals surface area (Å²) in [6.07, 6.45) is 1.71. The Balaban J connectivity index is 2.01. The third-order valence-electron chi connectivity index (χ3n) is 2.79. The quantitative estimate of drug-likeness (QED) is 0.735. The molecule has 0 radical (unpaired) electrons. The zero-order valence-corrected chi connectivity index (χ0v) is 9.44. The van der Waals surface area contributed by atoms with Crippen LogP contribution >= 0.6 is 0 Å². The number of carbonyl (C=O) groups excluding carboxylic acids is 1. The molecule has 3 heteroatoms. The molecule has 0 atom stereocenters. The molecule has 1 heterocycles. The van der Waals surface area contributed by atoms with Crippen LogP contribution in [0.25, 0.3) is 0 Å². The van der Waals surface area contributed by atoms with Crippen molar-refractivity contribution in [3.8, 4) is 0 Å². The summed E-state index contributed by atoms with van der Waals surface area (Å²) < 4.78 is 9.72. The fourth-order valence-electron chi connectivity index (χ4n) is 1.86. The molecule has 2 rings (SSSR count). The standard InChI is InChI=1S/C13H16O3/c1-2-3-10-4-6-11(7-5-10)12-8-15-13(14)16-9-12/h4-7,12H,2-3,8-9H2,1H3. The van der Waals surface area contributed by atoms with Gasteiger partial charge in [0.2, 0.25) is 0 Å². The maximum atomic E-state index is 10.7. The zero-order valence-electron chi connectivity index (χ0n) is 9.44. The minimum Gasteiger partial charge on any atom is -0.434 e. The van der Waals surface area contributed by atoms with Gasteiger partial charge in [0.25, 0.3) is 0 Å². The molecule has 0 bridgehead atoms. The molecular formula is C13H16O3. The van der Waals surface area contributed by atoms with E-state index in [-0.39, 0.29) is 5.92 Å². The van der Waals surface area contributed by atoms with Gasteiger partial charge in [0, 0.05) is 0 Å². The van der Waals surface area contributed by atoms with Crippen LogP contribution in [0, 0.1) is 0 Å². The summed E-state index contributed by atoms with van der Waals surface area (Å²) in [6.45, 7) is 3.01. The number of ether oxygens (including phenoxy) is 2. The van der Waals surface area contributed by atoms with Gasteiger partial charge in [-0.05, 0) is 17.5 Å². The Kier molecular flexibility index (Phi) is 3.44. The lowest BCUT2D eigenvalue weighted by Gasteiger charge is -2.22. The molecule has 1 fully saturated rings. The van der Waals surface area contributed by atoms with Crippen LogP contribution in [0.5, 0.6) is 0 Å². The minimum atomic E-state index is -0.557. The van der Waals surface area contributed by atoms with Crippen LogP contribution in [-0.2, 0) is 15.9 Å². The fourth-order valence-corrected chi connectivity index (χ4v) is 1.86. The van der Waals surface area contributed by atoms with Gasteiger partial charge in [-0.2, -0.15) is 0 Å². The van der Waals surface area contributed by atoms with Crippen molar-refractivity contribution < 1.29 is 14.3 Å². The molecule has 0 amide bonds. The Hall–Kier alpha value is -1.51. The van der Waals surface area contributed by atoms with Gasteiger partial charge in [-0.15, -0.1) is 0 Å². The first-order chi connectivity index (χ1) is 7.79. The molecule has 1 aromatic carbocycles. The van der Waals surface area contributed by atoms with Crippen molar-refractivity contribution in [2.45, 2.75) is 25.7 Å². The highest BCUT2D eigenvalue weighted by molar-refractivity contribution is 5.60. The highest BCUT2D eigenvalue weighted by Crippen LogP contribution is 2.21. The van der Waals surface area contributed by atoms with Gasteiger partial charge in [0.15, 0.2) is 0 Å². The minimum absolute atomic E-state index is 0.174. The van der Waals surface area contributed by atoms with Crippen LogP contribution in [0.4, 0.5) is 4.79 Å². The summed E-state index contributed by atoms with van der Waals surface area (Å²) in [5.74, 6) is 0.174. The predicted molar refractivity (Wildman–Crippen MR) is 60.5 cm³/mol.